The largest absolute Gasteiger partial charge is 0.364 e. The summed E-state index contributed by atoms with van der Waals surface area (Å²) in [5.41, 5.74) is 2.32. The van der Waals surface area contributed by atoms with Crippen LogP contribution in [-0.4, -0.2) is 49.4 Å². The highest BCUT2D eigenvalue weighted by Gasteiger charge is 2.56. The zero-order chi connectivity index (χ0) is 19.5. The van der Waals surface area contributed by atoms with Crippen molar-refractivity contribution in [2.45, 2.75) is 26.1 Å². The van der Waals surface area contributed by atoms with Crippen molar-refractivity contribution in [2.75, 3.05) is 13.1 Å². The second kappa shape index (κ2) is 5.79. The predicted octanol–water partition coefficient (Wildman–Crippen LogP) is 1.95. The molecule has 3 aromatic rings. The Labute approximate surface area is 161 Å². The summed E-state index contributed by atoms with van der Waals surface area (Å²) in [5.74, 6) is -0.292. The topological polar surface area (TPSA) is 84.5 Å². The van der Waals surface area contributed by atoms with Crippen LogP contribution in [0.1, 0.15) is 37.8 Å². The Hall–Kier alpha value is -3.42. The van der Waals surface area contributed by atoms with Crippen LogP contribution in [0.3, 0.4) is 0 Å². The van der Waals surface area contributed by atoms with Gasteiger partial charge >= 0.3 is 0 Å². The molecule has 8 nitrogen and oxygen atoms in total. The Morgan fingerprint density at radius 3 is 2.79 bits per heavy atom. The highest BCUT2D eigenvalue weighted by atomic mass is 16.5. The predicted molar refractivity (Wildman–Crippen MR) is 98.4 cm³/mol. The Kier molecular flexibility index (Phi) is 3.46. The van der Waals surface area contributed by atoms with Gasteiger partial charge in [0.1, 0.15) is 17.5 Å². The summed E-state index contributed by atoms with van der Waals surface area (Å²) < 4.78 is 6.89. The number of amides is 2. The Morgan fingerprint density at radius 1 is 1.21 bits per heavy atom. The normalized spacial score (nSPS) is 21.0. The SMILES string of the molecule is Cc1ccc([C@@]23Cn4cccc4C(=O)N2CCN3C(=O)c2conc2C)cn1. The van der Waals surface area contributed by atoms with Crippen LogP contribution < -0.4 is 0 Å². The van der Waals surface area contributed by atoms with Crippen LogP contribution in [0.15, 0.2) is 47.4 Å². The molecule has 5 rings (SSSR count). The summed E-state index contributed by atoms with van der Waals surface area (Å²) in [7, 11) is 0. The van der Waals surface area contributed by atoms with E-state index in [1.54, 1.807) is 22.9 Å². The van der Waals surface area contributed by atoms with Crippen molar-refractivity contribution in [3.63, 3.8) is 0 Å². The van der Waals surface area contributed by atoms with Crippen LogP contribution in [0.2, 0.25) is 0 Å². The summed E-state index contributed by atoms with van der Waals surface area (Å²) >= 11 is 0. The molecule has 142 valence electrons. The van der Waals surface area contributed by atoms with Crippen molar-refractivity contribution in [2.24, 2.45) is 0 Å². The number of rotatable bonds is 2. The summed E-state index contributed by atoms with van der Waals surface area (Å²) in [6, 6.07) is 7.52. The van der Waals surface area contributed by atoms with Crippen LogP contribution >= 0.6 is 0 Å². The van der Waals surface area contributed by atoms with Gasteiger partial charge in [0.15, 0.2) is 5.66 Å². The van der Waals surface area contributed by atoms with Crippen molar-refractivity contribution in [1.29, 1.82) is 0 Å². The van der Waals surface area contributed by atoms with Gasteiger partial charge in [-0.3, -0.25) is 14.6 Å². The van der Waals surface area contributed by atoms with Gasteiger partial charge in [0.2, 0.25) is 0 Å². The third-order valence-electron chi connectivity index (χ3n) is 5.72. The second-order valence-electron chi connectivity index (χ2n) is 7.25. The van der Waals surface area contributed by atoms with Gasteiger partial charge in [0.25, 0.3) is 11.8 Å². The molecule has 0 spiro atoms. The molecule has 2 aliphatic rings. The van der Waals surface area contributed by atoms with Gasteiger partial charge in [-0.2, -0.15) is 0 Å². The number of pyridine rings is 1. The van der Waals surface area contributed by atoms with Gasteiger partial charge in [-0.05, 0) is 32.0 Å². The van der Waals surface area contributed by atoms with E-state index in [2.05, 4.69) is 10.1 Å². The molecule has 0 N–H and O–H groups in total. The molecule has 1 saturated heterocycles. The fourth-order valence-corrected chi connectivity index (χ4v) is 4.30. The van der Waals surface area contributed by atoms with Crippen molar-refractivity contribution < 1.29 is 14.1 Å². The lowest BCUT2D eigenvalue weighted by atomic mass is 9.95. The molecular formula is C20H19N5O3. The molecule has 0 radical (unpaired) electrons. The van der Waals surface area contributed by atoms with E-state index in [0.717, 1.165) is 11.3 Å². The molecule has 1 fully saturated rings. The van der Waals surface area contributed by atoms with Gasteiger partial charge in [-0.25, -0.2) is 0 Å². The third kappa shape index (κ3) is 2.11. The molecule has 0 bridgehead atoms. The number of aromatic nitrogens is 3. The highest BCUT2D eigenvalue weighted by Crippen LogP contribution is 2.43. The molecule has 8 heteroatoms. The molecule has 0 aliphatic carbocycles. The lowest BCUT2D eigenvalue weighted by Gasteiger charge is -2.47. The van der Waals surface area contributed by atoms with E-state index in [1.165, 1.54) is 6.26 Å². The first kappa shape index (κ1) is 16.7. The maximum atomic E-state index is 13.4. The zero-order valence-electron chi connectivity index (χ0n) is 15.6. The molecule has 0 aromatic carbocycles. The van der Waals surface area contributed by atoms with Crippen LogP contribution in [0.25, 0.3) is 0 Å². The van der Waals surface area contributed by atoms with Crippen LogP contribution in [0.5, 0.6) is 0 Å². The lowest BCUT2D eigenvalue weighted by Crippen LogP contribution is -2.60. The summed E-state index contributed by atoms with van der Waals surface area (Å²) in [4.78, 5) is 34.7. The number of fused-ring (bicyclic) bond motifs is 2. The van der Waals surface area contributed by atoms with Gasteiger partial charge < -0.3 is 18.9 Å². The maximum Gasteiger partial charge on any atom is 0.272 e. The average Bonchev–Trinajstić information content (AvgIpc) is 3.40. The van der Waals surface area contributed by atoms with E-state index in [9.17, 15) is 9.59 Å². The molecule has 2 aliphatic heterocycles. The minimum absolute atomic E-state index is 0.0887. The van der Waals surface area contributed by atoms with Crippen molar-refractivity contribution in [1.82, 2.24) is 24.5 Å². The van der Waals surface area contributed by atoms with Gasteiger partial charge in [-0.1, -0.05) is 11.2 Å². The summed E-state index contributed by atoms with van der Waals surface area (Å²) in [6.45, 7) is 4.97. The molecule has 0 saturated carbocycles. The molecule has 1 atom stereocenters. The van der Waals surface area contributed by atoms with Crippen LogP contribution in [-0.2, 0) is 12.2 Å². The maximum absolute atomic E-state index is 13.4. The standard InChI is InChI=1S/C20H19N5O3/c1-13-5-6-15(10-21-13)20-12-23-7-3-4-17(23)19(27)25(20)9-8-24(20)18(26)16-11-28-22-14(16)2/h3-7,10-11H,8-9,12H2,1-2H3/t20-/m1/s1. The third-order valence-corrected chi connectivity index (χ3v) is 5.72. The molecular weight excluding hydrogens is 358 g/mol. The number of carbonyl (C=O) groups excluding carboxylic acids is 2. The van der Waals surface area contributed by atoms with E-state index >= 15 is 0 Å². The number of aryl methyl sites for hydroxylation is 2. The van der Waals surface area contributed by atoms with E-state index in [0.29, 0.717) is 36.6 Å². The van der Waals surface area contributed by atoms with E-state index in [1.807, 2.05) is 42.0 Å². The molecule has 28 heavy (non-hydrogen) atoms. The van der Waals surface area contributed by atoms with Crippen LogP contribution in [0.4, 0.5) is 0 Å². The van der Waals surface area contributed by atoms with Gasteiger partial charge in [0.05, 0.1) is 12.2 Å². The van der Waals surface area contributed by atoms with E-state index in [4.69, 9.17) is 4.52 Å². The second-order valence-corrected chi connectivity index (χ2v) is 7.25. The van der Waals surface area contributed by atoms with Gasteiger partial charge in [0, 0.05) is 36.7 Å². The first-order valence-electron chi connectivity index (χ1n) is 9.15. The Bertz CT molecular complexity index is 1080. The minimum Gasteiger partial charge on any atom is -0.364 e. The fraction of sp³-hybridized carbons (Fsp3) is 0.300. The molecule has 5 heterocycles. The number of hydrogen-bond acceptors (Lipinski definition) is 5. The monoisotopic (exact) mass is 377 g/mol. The smallest absolute Gasteiger partial charge is 0.272 e. The molecule has 0 unspecified atom stereocenters. The minimum atomic E-state index is -0.940. The van der Waals surface area contributed by atoms with Crippen molar-refractivity contribution in [3.05, 3.63) is 71.1 Å². The quantitative estimate of drug-likeness (QED) is 0.682. The summed E-state index contributed by atoms with van der Waals surface area (Å²) in [6.07, 6.45) is 5.00. The van der Waals surface area contributed by atoms with Crippen molar-refractivity contribution >= 4 is 11.8 Å². The first-order valence-corrected chi connectivity index (χ1v) is 9.15. The van der Waals surface area contributed by atoms with Crippen LogP contribution in [0, 0.1) is 13.8 Å². The van der Waals surface area contributed by atoms with E-state index in [-0.39, 0.29) is 11.8 Å². The summed E-state index contributed by atoms with van der Waals surface area (Å²) in [5, 5.41) is 3.84. The highest BCUT2D eigenvalue weighted by molar-refractivity contribution is 5.98. The Balaban J connectivity index is 1.70. The molecule has 2 amide bonds. The Morgan fingerprint density at radius 2 is 2.07 bits per heavy atom. The first-order chi connectivity index (χ1) is 13.5. The molecule has 3 aromatic heterocycles. The zero-order valence-corrected chi connectivity index (χ0v) is 15.6. The number of nitrogens with zero attached hydrogens (tertiary/aromatic N) is 5. The van der Waals surface area contributed by atoms with Crippen molar-refractivity contribution in [3.8, 4) is 0 Å². The fourth-order valence-electron chi connectivity index (χ4n) is 4.30. The number of hydrogen-bond donors (Lipinski definition) is 0. The van der Waals surface area contributed by atoms with E-state index < -0.39 is 5.66 Å². The average molecular weight is 377 g/mol. The lowest BCUT2D eigenvalue weighted by molar-refractivity contribution is -0.00614. The van der Waals surface area contributed by atoms with Gasteiger partial charge in [-0.15, -0.1) is 0 Å². The number of carbonyl (C=O) groups is 2.